The Bertz CT molecular complexity index is 734. The van der Waals surface area contributed by atoms with Gasteiger partial charge in [-0.2, -0.15) is 0 Å². The molecule has 1 aromatic carbocycles. The van der Waals surface area contributed by atoms with Gasteiger partial charge in [-0.3, -0.25) is 9.69 Å². The van der Waals surface area contributed by atoms with Crippen LogP contribution in [0, 0.1) is 6.92 Å². The molecule has 2 aromatic rings. The summed E-state index contributed by atoms with van der Waals surface area (Å²) in [5, 5.41) is 26.1. The molecule has 1 amide bonds. The molecule has 0 unspecified atom stereocenters. The number of nitrogens with one attached hydrogen (secondary N) is 1. The molecule has 1 aromatic heterocycles. The number of para-hydroxylation sites is 1. The number of rotatable bonds is 5. The van der Waals surface area contributed by atoms with Crippen molar-refractivity contribution in [2.45, 2.75) is 38.5 Å². The average molecular weight is 361 g/mol. The van der Waals surface area contributed by atoms with Crippen LogP contribution in [-0.4, -0.2) is 51.2 Å². The number of benzene rings is 1. The zero-order valence-corrected chi connectivity index (χ0v) is 15.0. The summed E-state index contributed by atoms with van der Waals surface area (Å²) in [4.78, 5) is 18.8. The normalized spacial score (nSPS) is 21.2. The third-order valence-corrected chi connectivity index (χ3v) is 5.23. The SMILES string of the molecule is Cc1nc(CN2CC[C@@H](NC(=O)Cc3ccccc3O)[C@H](O)C2)cs1. The molecule has 1 saturated heterocycles. The van der Waals surface area contributed by atoms with Crippen LogP contribution in [0.3, 0.4) is 0 Å². The van der Waals surface area contributed by atoms with E-state index in [1.54, 1.807) is 35.6 Å². The fourth-order valence-electron chi connectivity index (χ4n) is 3.11. The summed E-state index contributed by atoms with van der Waals surface area (Å²) in [5.74, 6) is -0.0688. The molecular weight excluding hydrogens is 338 g/mol. The molecule has 2 heterocycles. The number of piperidine rings is 1. The van der Waals surface area contributed by atoms with Crippen molar-refractivity contribution in [3.63, 3.8) is 0 Å². The molecule has 1 aliphatic heterocycles. The largest absolute Gasteiger partial charge is 0.508 e. The zero-order valence-electron chi connectivity index (χ0n) is 14.2. The molecule has 0 aliphatic carbocycles. The lowest BCUT2D eigenvalue weighted by molar-refractivity contribution is -0.122. The molecule has 25 heavy (non-hydrogen) atoms. The van der Waals surface area contributed by atoms with Gasteiger partial charge in [0.15, 0.2) is 0 Å². The first-order chi connectivity index (χ1) is 12.0. The van der Waals surface area contributed by atoms with Crippen LogP contribution < -0.4 is 5.32 Å². The lowest BCUT2D eigenvalue weighted by atomic mass is 10.0. The minimum absolute atomic E-state index is 0.109. The monoisotopic (exact) mass is 361 g/mol. The highest BCUT2D eigenvalue weighted by Crippen LogP contribution is 2.18. The number of aryl methyl sites for hydroxylation is 1. The van der Waals surface area contributed by atoms with Gasteiger partial charge in [0.05, 0.1) is 29.3 Å². The van der Waals surface area contributed by atoms with Crippen LogP contribution in [0.25, 0.3) is 0 Å². The quantitative estimate of drug-likeness (QED) is 0.751. The van der Waals surface area contributed by atoms with Gasteiger partial charge in [0.1, 0.15) is 5.75 Å². The van der Waals surface area contributed by atoms with Gasteiger partial charge >= 0.3 is 0 Å². The van der Waals surface area contributed by atoms with E-state index >= 15 is 0 Å². The summed E-state index contributed by atoms with van der Waals surface area (Å²) < 4.78 is 0. The van der Waals surface area contributed by atoms with Crippen LogP contribution in [0.5, 0.6) is 5.75 Å². The number of likely N-dealkylation sites (tertiary alicyclic amines) is 1. The zero-order chi connectivity index (χ0) is 17.8. The highest BCUT2D eigenvalue weighted by atomic mass is 32.1. The minimum Gasteiger partial charge on any atom is -0.508 e. The van der Waals surface area contributed by atoms with Crippen molar-refractivity contribution in [2.24, 2.45) is 0 Å². The van der Waals surface area contributed by atoms with Crippen LogP contribution in [0.4, 0.5) is 0 Å². The standard InChI is InChI=1S/C18H23N3O3S/c1-12-19-14(11-25-12)9-21-7-6-15(17(23)10-21)20-18(24)8-13-4-2-3-5-16(13)22/h2-5,11,15,17,22-23H,6-10H2,1H3,(H,20,24)/t15-,17-/m1/s1. The van der Waals surface area contributed by atoms with Crippen LogP contribution in [0.1, 0.15) is 22.7 Å². The fourth-order valence-corrected chi connectivity index (χ4v) is 3.71. The Kier molecular flexibility index (Phi) is 5.67. The van der Waals surface area contributed by atoms with Crippen molar-refractivity contribution in [3.8, 4) is 5.75 Å². The molecule has 1 aliphatic rings. The molecule has 0 radical (unpaired) electrons. The summed E-state index contributed by atoms with van der Waals surface area (Å²) >= 11 is 1.63. The van der Waals surface area contributed by atoms with Crippen molar-refractivity contribution in [1.29, 1.82) is 0 Å². The second-order valence-corrected chi connectivity index (χ2v) is 7.49. The van der Waals surface area contributed by atoms with Crippen molar-refractivity contribution in [3.05, 3.63) is 45.9 Å². The Hall–Kier alpha value is -1.96. The molecule has 134 valence electrons. The van der Waals surface area contributed by atoms with Gasteiger partial charge in [-0.1, -0.05) is 18.2 Å². The van der Waals surface area contributed by atoms with E-state index in [0.29, 0.717) is 18.5 Å². The van der Waals surface area contributed by atoms with E-state index in [0.717, 1.165) is 23.8 Å². The van der Waals surface area contributed by atoms with E-state index in [2.05, 4.69) is 15.2 Å². The van der Waals surface area contributed by atoms with Gasteiger partial charge in [0, 0.05) is 30.6 Å². The number of phenols is 1. The number of phenolic OH excluding ortho intramolecular Hbond substituents is 1. The Balaban J connectivity index is 1.49. The second-order valence-electron chi connectivity index (χ2n) is 6.43. The highest BCUT2D eigenvalue weighted by molar-refractivity contribution is 7.09. The van der Waals surface area contributed by atoms with Gasteiger partial charge in [0.2, 0.25) is 5.91 Å². The van der Waals surface area contributed by atoms with Crippen LogP contribution in [0.2, 0.25) is 0 Å². The van der Waals surface area contributed by atoms with E-state index in [-0.39, 0.29) is 24.1 Å². The number of nitrogens with zero attached hydrogens (tertiary/aromatic N) is 2. The highest BCUT2D eigenvalue weighted by Gasteiger charge is 2.29. The predicted octanol–water partition coefficient (Wildman–Crippen LogP) is 1.45. The maximum absolute atomic E-state index is 12.2. The maximum Gasteiger partial charge on any atom is 0.224 e. The maximum atomic E-state index is 12.2. The number of aromatic nitrogens is 1. The van der Waals surface area contributed by atoms with Gasteiger partial charge in [-0.15, -0.1) is 11.3 Å². The summed E-state index contributed by atoms with van der Waals surface area (Å²) in [6, 6.07) is 6.54. The molecular formula is C18H23N3O3S. The molecule has 0 bridgehead atoms. The fraction of sp³-hybridized carbons (Fsp3) is 0.444. The number of hydrogen-bond donors (Lipinski definition) is 3. The molecule has 3 rings (SSSR count). The predicted molar refractivity (Wildman–Crippen MR) is 96.5 cm³/mol. The van der Waals surface area contributed by atoms with Gasteiger partial charge in [-0.25, -0.2) is 4.98 Å². The first-order valence-corrected chi connectivity index (χ1v) is 9.27. The smallest absolute Gasteiger partial charge is 0.224 e. The molecule has 3 N–H and O–H groups in total. The molecule has 0 saturated carbocycles. The van der Waals surface area contributed by atoms with Crippen molar-refractivity contribution < 1.29 is 15.0 Å². The van der Waals surface area contributed by atoms with E-state index in [1.807, 2.05) is 12.3 Å². The number of carbonyl (C=O) groups is 1. The van der Waals surface area contributed by atoms with Gasteiger partial charge in [0.25, 0.3) is 0 Å². The summed E-state index contributed by atoms with van der Waals surface area (Å²) in [5.41, 5.74) is 1.61. The molecule has 6 nitrogen and oxygen atoms in total. The number of aromatic hydroxyl groups is 1. The number of thiazole rings is 1. The Morgan fingerprint density at radius 2 is 2.24 bits per heavy atom. The van der Waals surface area contributed by atoms with E-state index in [9.17, 15) is 15.0 Å². The summed E-state index contributed by atoms with van der Waals surface area (Å²) in [6.07, 6.45) is 0.191. The third-order valence-electron chi connectivity index (χ3n) is 4.41. The second kappa shape index (κ2) is 7.95. The lowest BCUT2D eigenvalue weighted by Crippen LogP contribution is -2.54. The molecule has 2 atom stereocenters. The average Bonchev–Trinajstić information content (AvgIpc) is 2.97. The molecule has 7 heteroatoms. The van der Waals surface area contributed by atoms with Crippen molar-refractivity contribution in [1.82, 2.24) is 15.2 Å². The Labute approximate surface area is 151 Å². The number of aliphatic hydroxyl groups is 1. The number of carbonyl (C=O) groups excluding carboxylic acids is 1. The molecule has 1 fully saturated rings. The minimum atomic E-state index is -0.609. The number of hydrogen-bond acceptors (Lipinski definition) is 6. The van der Waals surface area contributed by atoms with Gasteiger partial charge < -0.3 is 15.5 Å². The third kappa shape index (κ3) is 4.78. The Morgan fingerprint density at radius 3 is 2.92 bits per heavy atom. The van der Waals surface area contributed by atoms with Crippen LogP contribution >= 0.6 is 11.3 Å². The van der Waals surface area contributed by atoms with Crippen LogP contribution in [0.15, 0.2) is 29.6 Å². The number of β-amino-alcohol motifs (C(OH)–C–C–N with tert-alkyl or cyclic N) is 1. The summed E-state index contributed by atoms with van der Waals surface area (Å²) in [7, 11) is 0. The first-order valence-electron chi connectivity index (χ1n) is 8.39. The number of amides is 1. The lowest BCUT2D eigenvalue weighted by Gasteiger charge is -2.36. The van der Waals surface area contributed by atoms with E-state index in [4.69, 9.17) is 0 Å². The van der Waals surface area contributed by atoms with Crippen molar-refractivity contribution >= 4 is 17.2 Å². The van der Waals surface area contributed by atoms with E-state index in [1.165, 1.54) is 0 Å². The molecule has 0 spiro atoms. The van der Waals surface area contributed by atoms with Gasteiger partial charge in [-0.05, 0) is 19.4 Å². The topological polar surface area (TPSA) is 85.7 Å². The van der Waals surface area contributed by atoms with E-state index < -0.39 is 6.10 Å². The van der Waals surface area contributed by atoms with Crippen molar-refractivity contribution in [2.75, 3.05) is 13.1 Å². The first kappa shape index (κ1) is 17.8. The Morgan fingerprint density at radius 1 is 1.44 bits per heavy atom. The summed E-state index contributed by atoms with van der Waals surface area (Å²) in [6.45, 7) is 4.02. The van der Waals surface area contributed by atoms with Crippen LogP contribution in [-0.2, 0) is 17.8 Å². The number of aliphatic hydroxyl groups excluding tert-OH is 1.